The summed E-state index contributed by atoms with van der Waals surface area (Å²) in [7, 11) is 3.29. The van der Waals surface area contributed by atoms with Crippen LogP contribution in [0.15, 0.2) is 22.3 Å². The van der Waals surface area contributed by atoms with Crippen LogP contribution in [0, 0.1) is 0 Å². The van der Waals surface area contributed by atoms with Gasteiger partial charge in [0.2, 0.25) is 0 Å². The summed E-state index contributed by atoms with van der Waals surface area (Å²) in [5.74, 6) is 1.62. The molecule has 0 aromatic heterocycles. The molecule has 0 N–H and O–H groups in total. The highest BCUT2D eigenvalue weighted by Gasteiger charge is 1.98. The maximum absolute atomic E-state index is 5.13. The first-order valence-electron chi connectivity index (χ1n) is 3.80. The van der Waals surface area contributed by atoms with E-state index in [0.29, 0.717) is 0 Å². The SMILES string of the molecule is COc1cc(C=CI)cc(OC)c1. The number of halogens is 1. The van der Waals surface area contributed by atoms with Crippen molar-refractivity contribution in [2.45, 2.75) is 0 Å². The molecule has 0 aliphatic rings. The van der Waals surface area contributed by atoms with Crippen LogP contribution >= 0.6 is 22.6 Å². The summed E-state index contributed by atoms with van der Waals surface area (Å²) in [6.07, 6.45) is 1.99. The van der Waals surface area contributed by atoms with Crippen molar-refractivity contribution in [2.24, 2.45) is 0 Å². The smallest absolute Gasteiger partial charge is 0.123 e. The lowest BCUT2D eigenvalue weighted by Crippen LogP contribution is -1.87. The minimum absolute atomic E-state index is 0.809. The summed E-state index contributed by atoms with van der Waals surface area (Å²) in [5, 5.41) is 0. The lowest BCUT2D eigenvalue weighted by molar-refractivity contribution is 0.394. The lowest BCUT2D eigenvalue weighted by Gasteiger charge is -2.05. The molecule has 0 radical (unpaired) electrons. The Morgan fingerprint density at radius 1 is 1.08 bits per heavy atom. The van der Waals surface area contributed by atoms with E-state index in [1.807, 2.05) is 28.4 Å². The maximum Gasteiger partial charge on any atom is 0.123 e. The van der Waals surface area contributed by atoms with Crippen LogP contribution in [-0.4, -0.2) is 14.2 Å². The van der Waals surface area contributed by atoms with Crippen LogP contribution in [0.1, 0.15) is 5.56 Å². The number of rotatable bonds is 3. The molecular weight excluding hydrogens is 279 g/mol. The molecule has 1 rings (SSSR count). The molecule has 70 valence electrons. The highest BCUT2D eigenvalue weighted by molar-refractivity contribution is 14.1. The molecule has 0 unspecified atom stereocenters. The molecular formula is C10H11IO2. The predicted octanol–water partition coefficient (Wildman–Crippen LogP) is 3.11. The van der Waals surface area contributed by atoms with Gasteiger partial charge < -0.3 is 9.47 Å². The quantitative estimate of drug-likeness (QED) is 0.796. The van der Waals surface area contributed by atoms with Crippen LogP contribution in [0.2, 0.25) is 0 Å². The van der Waals surface area contributed by atoms with Crippen molar-refractivity contribution in [3.8, 4) is 11.5 Å². The van der Waals surface area contributed by atoms with Crippen molar-refractivity contribution in [2.75, 3.05) is 14.2 Å². The molecule has 0 amide bonds. The number of methoxy groups -OCH3 is 2. The number of benzene rings is 1. The van der Waals surface area contributed by atoms with Gasteiger partial charge in [0, 0.05) is 6.07 Å². The molecule has 0 atom stereocenters. The van der Waals surface area contributed by atoms with Gasteiger partial charge in [-0.15, -0.1) is 0 Å². The van der Waals surface area contributed by atoms with Crippen LogP contribution in [0.5, 0.6) is 11.5 Å². The van der Waals surface area contributed by atoms with E-state index in [0.717, 1.165) is 17.1 Å². The van der Waals surface area contributed by atoms with Gasteiger partial charge in [-0.3, -0.25) is 0 Å². The van der Waals surface area contributed by atoms with E-state index in [-0.39, 0.29) is 0 Å². The van der Waals surface area contributed by atoms with E-state index < -0.39 is 0 Å². The number of hydrogen-bond donors (Lipinski definition) is 0. The molecule has 3 heteroatoms. The first-order valence-corrected chi connectivity index (χ1v) is 5.04. The normalized spacial score (nSPS) is 10.4. The standard InChI is InChI=1S/C10H11IO2/c1-12-9-5-8(3-4-11)6-10(7-9)13-2/h3-7H,1-2H3. The predicted molar refractivity (Wildman–Crippen MR) is 62.6 cm³/mol. The summed E-state index contributed by atoms with van der Waals surface area (Å²) in [4.78, 5) is 0. The van der Waals surface area contributed by atoms with Gasteiger partial charge in [0.1, 0.15) is 11.5 Å². The van der Waals surface area contributed by atoms with Gasteiger partial charge in [-0.1, -0.05) is 22.6 Å². The van der Waals surface area contributed by atoms with E-state index in [9.17, 15) is 0 Å². The van der Waals surface area contributed by atoms with Gasteiger partial charge in [-0.05, 0) is 27.9 Å². The molecule has 0 bridgehead atoms. The average Bonchev–Trinajstić information content (AvgIpc) is 2.17. The number of ether oxygens (including phenoxy) is 2. The van der Waals surface area contributed by atoms with Crippen LogP contribution in [0.4, 0.5) is 0 Å². The van der Waals surface area contributed by atoms with Crippen LogP contribution in [0.25, 0.3) is 6.08 Å². The van der Waals surface area contributed by atoms with Crippen LogP contribution in [0.3, 0.4) is 0 Å². The van der Waals surface area contributed by atoms with E-state index in [1.165, 1.54) is 0 Å². The molecule has 0 fully saturated rings. The van der Waals surface area contributed by atoms with Crippen molar-refractivity contribution in [3.05, 3.63) is 27.8 Å². The first kappa shape index (κ1) is 10.4. The molecule has 0 spiro atoms. The minimum atomic E-state index is 0.809. The zero-order chi connectivity index (χ0) is 9.68. The van der Waals surface area contributed by atoms with Gasteiger partial charge in [0.05, 0.1) is 14.2 Å². The van der Waals surface area contributed by atoms with E-state index in [1.54, 1.807) is 14.2 Å². The van der Waals surface area contributed by atoms with Gasteiger partial charge in [0.15, 0.2) is 0 Å². The van der Waals surface area contributed by atoms with Gasteiger partial charge in [0.25, 0.3) is 0 Å². The second-order valence-corrected chi connectivity index (χ2v) is 3.16. The molecule has 0 saturated heterocycles. The third kappa shape index (κ3) is 2.91. The molecule has 0 aliphatic carbocycles. The fourth-order valence-electron chi connectivity index (χ4n) is 0.998. The van der Waals surface area contributed by atoms with Crippen molar-refractivity contribution in [1.29, 1.82) is 0 Å². The Hall–Kier alpha value is -0.710. The monoisotopic (exact) mass is 290 g/mol. The van der Waals surface area contributed by atoms with Crippen LogP contribution < -0.4 is 9.47 Å². The highest BCUT2D eigenvalue weighted by Crippen LogP contribution is 2.23. The van der Waals surface area contributed by atoms with E-state index in [4.69, 9.17) is 9.47 Å². The Bertz CT molecular complexity index is 286. The zero-order valence-corrected chi connectivity index (χ0v) is 9.74. The third-order valence-corrected chi connectivity index (χ3v) is 1.99. The second-order valence-electron chi connectivity index (χ2n) is 2.44. The van der Waals surface area contributed by atoms with E-state index >= 15 is 0 Å². The third-order valence-electron chi connectivity index (χ3n) is 1.63. The average molecular weight is 290 g/mol. The van der Waals surface area contributed by atoms with Crippen molar-refractivity contribution in [3.63, 3.8) is 0 Å². The summed E-state index contributed by atoms with van der Waals surface area (Å²) >= 11 is 2.18. The van der Waals surface area contributed by atoms with Crippen LogP contribution in [-0.2, 0) is 0 Å². The Morgan fingerprint density at radius 2 is 1.62 bits per heavy atom. The molecule has 13 heavy (non-hydrogen) atoms. The van der Waals surface area contributed by atoms with Gasteiger partial charge in [-0.2, -0.15) is 0 Å². The molecule has 0 heterocycles. The topological polar surface area (TPSA) is 18.5 Å². The highest BCUT2D eigenvalue weighted by atomic mass is 127. The fourth-order valence-corrected chi connectivity index (χ4v) is 1.41. The summed E-state index contributed by atoms with van der Waals surface area (Å²) in [6, 6.07) is 5.76. The minimum Gasteiger partial charge on any atom is -0.497 e. The second kappa shape index (κ2) is 5.11. The van der Waals surface area contributed by atoms with Crippen molar-refractivity contribution in [1.82, 2.24) is 0 Å². The molecule has 1 aromatic carbocycles. The first-order chi connectivity index (χ1) is 6.30. The van der Waals surface area contributed by atoms with Gasteiger partial charge in [-0.25, -0.2) is 0 Å². The summed E-state index contributed by atoms with van der Waals surface area (Å²) < 4.78 is 12.2. The van der Waals surface area contributed by atoms with Gasteiger partial charge >= 0.3 is 0 Å². The van der Waals surface area contributed by atoms with Crippen molar-refractivity contribution >= 4 is 28.7 Å². The zero-order valence-electron chi connectivity index (χ0n) is 7.58. The maximum atomic E-state index is 5.13. The molecule has 1 aromatic rings. The Kier molecular flexibility index (Phi) is 4.08. The summed E-state index contributed by atoms with van der Waals surface area (Å²) in [6.45, 7) is 0. The lowest BCUT2D eigenvalue weighted by atomic mass is 10.2. The Labute approximate surface area is 91.7 Å². The number of hydrogen-bond acceptors (Lipinski definition) is 2. The fraction of sp³-hybridized carbons (Fsp3) is 0.200. The summed E-state index contributed by atoms with van der Waals surface area (Å²) in [5.41, 5.74) is 1.07. The Morgan fingerprint density at radius 3 is 2.00 bits per heavy atom. The van der Waals surface area contributed by atoms with Crippen molar-refractivity contribution < 1.29 is 9.47 Å². The molecule has 0 aliphatic heterocycles. The molecule has 2 nitrogen and oxygen atoms in total. The Balaban J connectivity index is 3.07. The van der Waals surface area contributed by atoms with E-state index in [2.05, 4.69) is 22.6 Å². The molecule has 0 saturated carbocycles. The largest absolute Gasteiger partial charge is 0.497 e.